The summed E-state index contributed by atoms with van der Waals surface area (Å²) in [6.45, 7) is 5.92. The lowest BCUT2D eigenvalue weighted by Gasteiger charge is -1.91. The van der Waals surface area contributed by atoms with Gasteiger partial charge in [0, 0.05) is 19.7 Å². The first-order valence-corrected chi connectivity index (χ1v) is 2.88. The van der Waals surface area contributed by atoms with E-state index in [1.54, 1.807) is 7.05 Å². The normalized spacial score (nSPS) is 9.11. The van der Waals surface area contributed by atoms with Gasteiger partial charge < -0.3 is 4.99 Å². The van der Waals surface area contributed by atoms with Crippen LogP contribution in [0, 0.1) is 0 Å². The SMILES string of the molecule is C.C=C(CC)CC=NC. The third kappa shape index (κ3) is 7.41. The molecule has 0 heterocycles. The average molecular weight is 127 g/mol. The third-order valence-electron chi connectivity index (χ3n) is 1.06. The van der Waals surface area contributed by atoms with Crippen LogP contribution in [0.15, 0.2) is 17.1 Å². The van der Waals surface area contributed by atoms with Gasteiger partial charge in [-0.05, 0) is 6.42 Å². The molecule has 0 N–H and O–H groups in total. The molecule has 0 aliphatic carbocycles. The summed E-state index contributed by atoms with van der Waals surface area (Å²) in [4.78, 5) is 3.84. The van der Waals surface area contributed by atoms with E-state index in [4.69, 9.17) is 0 Å². The predicted molar refractivity (Wildman–Crippen MR) is 45.2 cm³/mol. The molecule has 0 aromatic rings. The fraction of sp³-hybridized carbons (Fsp3) is 0.625. The minimum Gasteiger partial charge on any atom is -0.301 e. The highest BCUT2D eigenvalue weighted by Crippen LogP contribution is 1.98. The van der Waals surface area contributed by atoms with E-state index >= 15 is 0 Å². The zero-order valence-electron chi connectivity index (χ0n) is 5.65. The molecule has 1 nitrogen and oxygen atoms in total. The van der Waals surface area contributed by atoms with Crippen molar-refractivity contribution in [2.45, 2.75) is 27.2 Å². The molecule has 9 heavy (non-hydrogen) atoms. The molecule has 0 aliphatic rings. The van der Waals surface area contributed by atoms with E-state index in [0.29, 0.717) is 0 Å². The van der Waals surface area contributed by atoms with Crippen molar-refractivity contribution >= 4 is 6.21 Å². The zero-order chi connectivity index (χ0) is 6.41. The van der Waals surface area contributed by atoms with Gasteiger partial charge in [-0.25, -0.2) is 0 Å². The topological polar surface area (TPSA) is 12.4 Å². The minimum absolute atomic E-state index is 0. The molecule has 0 unspecified atom stereocenters. The standard InChI is InChI=1S/C7H13N.CH4/c1-4-7(2)5-6-8-3;/h6H,2,4-5H2,1,3H3;1H4. The summed E-state index contributed by atoms with van der Waals surface area (Å²) < 4.78 is 0. The highest BCUT2D eigenvalue weighted by molar-refractivity contribution is 5.60. The lowest BCUT2D eigenvalue weighted by molar-refractivity contribution is 1.07. The van der Waals surface area contributed by atoms with Gasteiger partial charge in [-0.1, -0.05) is 26.5 Å². The van der Waals surface area contributed by atoms with E-state index in [9.17, 15) is 0 Å². The summed E-state index contributed by atoms with van der Waals surface area (Å²) in [6, 6.07) is 0. The fourth-order valence-corrected chi connectivity index (χ4v) is 0.365. The van der Waals surface area contributed by atoms with Crippen LogP contribution in [0.2, 0.25) is 0 Å². The Morgan fingerprint density at radius 2 is 2.22 bits per heavy atom. The zero-order valence-corrected chi connectivity index (χ0v) is 5.65. The van der Waals surface area contributed by atoms with Gasteiger partial charge >= 0.3 is 0 Å². The Morgan fingerprint density at radius 3 is 2.56 bits per heavy atom. The molecule has 0 radical (unpaired) electrons. The molecule has 0 aliphatic heterocycles. The van der Waals surface area contributed by atoms with E-state index in [1.807, 2.05) is 6.21 Å². The lowest BCUT2D eigenvalue weighted by atomic mass is 10.2. The summed E-state index contributed by atoms with van der Waals surface area (Å²) in [5.74, 6) is 0. The summed E-state index contributed by atoms with van der Waals surface area (Å²) in [5.41, 5.74) is 1.25. The molecule has 0 saturated heterocycles. The van der Waals surface area contributed by atoms with Crippen LogP contribution < -0.4 is 0 Å². The molecule has 54 valence electrons. The molecule has 0 amide bonds. The molecule has 0 spiro atoms. The molecule has 0 bridgehead atoms. The van der Waals surface area contributed by atoms with E-state index in [2.05, 4.69) is 18.5 Å². The van der Waals surface area contributed by atoms with Gasteiger partial charge in [0.2, 0.25) is 0 Å². The maximum Gasteiger partial charge on any atom is 0.0273 e. The van der Waals surface area contributed by atoms with Crippen LogP contribution in [-0.4, -0.2) is 13.3 Å². The molecule has 0 aromatic carbocycles. The number of rotatable bonds is 3. The Balaban J connectivity index is 0. The molecular weight excluding hydrogens is 110 g/mol. The number of aliphatic imine (C=N–C) groups is 1. The van der Waals surface area contributed by atoms with Crippen molar-refractivity contribution in [3.8, 4) is 0 Å². The first-order chi connectivity index (χ1) is 3.81. The van der Waals surface area contributed by atoms with Crippen molar-refractivity contribution in [1.82, 2.24) is 0 Å². The van der Waals surface area contributed by atoms with Crippen molar-refractivity contribution in [1.29, 1.82) is 0 Å². The van der Waals surface area contributed by atoms with Crippen molar-refractivity contribution in [2.24, 2.45) is 4.99 Å². The van der Waals surface area contributed by atoms with Gasteiger partial charge in [0.15, 0.2) is 0 Å². The summed E-state index contributed by atoms with van der Waals surface area (Å²) in [7, 11) is 1.78. The lowest BCUT2D eigenvalue weighted by Crippen LogP contribution is -1.78. The number of nitrogens with zero attached hydrogens (tertiary/aromatic N) is 1. The van der Waals surface area contributed by atoms with E-state index in [-0.39, 0.29) is 7.43 Å². The minimum atomic E-state index is 0. The van der Waals surface area contributed by atoms with Crippen molar-refractivity contribution in [3.63, 3.8) is 0 Å². The second-order valence-corrected chi connectivity index (χ2v) is 1.75. The fourth-order valence-electron chi connectivity index (χ4n) is 0.365. The number of hydrogen-bond acceptors (Lipinski definition) is 1. The number of allylic oxidation sites excluding steroid dienone is 1. The van der Waals surface area contributed by atoms with Crippen LogP contribution in [0.3, 0.4) is 0 Å². The predicted octanol–water partition coefficient (Wildman–Crippen LogP) is 2.68. The second kappa shape index (κ2) is 7.41. The van der Waals surface area contributed by atoms with E-state index in [1.165, 1.54) is 5.57 Å². The van der Waals surface area contributed by atoms with Gasteiger partial charge in [-0.3, -0.25) is 0 Å². The summed E-state index contributed by atoms with van der Waals surface area (Å²) in [6.07, 6.45) is 3.88. The third-order valence-corrected chi connectivity index (χ3v) is 1.06. The van der Waals surface area contributed by atoms with Crippen LogP contribution >= 0.6 is 0 Å². The largest absolute Gasteiger partial charge is 0.301 e. The molecule has 0 fully saturated rings. The van der Waals surface area contributed by atoms with Crippen LogP contribution in [-0.2, 0) is 0 Å². The monoisotopic (exact) mass is 127 g/mol. The van der Waals surface area contributed by atoms with Crippen molar-refractivity contribution in [2.75, 3.05) is 7.05 Å². The Bertz CT molecular complexity index is 92.7. The molecular formula is C8H17N. The highest BCUT2D eigenvalue weighted by Gasteiger charge is 1.82. The summed E-state index contributed by atoms with van der Waals surface area (Å²) in [5, 5.41) is 0. The van der Waals surface area contributed by atoms with Gasteiger partial charge in [0.1, 0.15) is 0 Å². The van der Waals surface area contributed by atoms with E-state index in [0.717, 1.165) is 12.8 Å². The average Bonchev–Trinajstić information content (AvgIpc) is 1.83. The van der Waals surface area contributed by atoms with Crippen LogP contribution in [0.1, 0.15) is 27.2 Å². The first-order valence-electron chi connectivity index (χ1n) is 2.88. The maximum absolute atomic E-state index is 3.84. The quantitative estimate of drug-likeness (QED) is 0.408. The van der Waals surface area contributed by atoms with Crippen LogP contribution in [0.5, 0.6) is 0 Å². The Kier molecular flexibility index (Phi) is 9.25. The molecule has 0 rings (SSSR count). The number of hydrogen-bond donors (Lipinski definition) is 0. The van der Waals surface area contributed by atoms with Crippen LogP contribution in [0.25, 0.3) is 0 Å². The Morgan fingerprint density at radius 1 is 1.67 bits per heavy atom. The van der Waals surface area contributed by atoms with Gasteiger partial charge in [0.05, 0.1) is 0 Å². The smallest absolute Gasteiger partial charge is 0.0273 e. The molecule has 0 saturated carbocycles. The van der Waals surface area contributed by atoms with Gasteiger partial charge in [0.25, 0.3) is 0 Å². The molecule has 0 aromatic heterocycles. The highest BCUT2D eigenvalue weighted by atomic mass is 14.6. The van der Waals surface area contributed by atoms with E-state index < -0.39 is 0 Å². The van der Waals surface area contributed by atoms with Gasteiger partial charge in [-0.2, -0.15) is 0 Å². The molecule has 1 heteroatoms. The maximum atomic E-state index is 3.84. The Labute approximate surface area is 58.5 Å². The summed E-state index contributed by atoms with van der Waals surface area (Å²) >= 11 is 0. The Hall–Kier alpha value is -0.590. The van der Waals surface area contributed by atoms with Crippen molar-refractivity contribution in [3.05, 3.63) is 12.2 Å². The first kappa shape index (κ1) is 11.2. The van der Waals surface area contributed by atoms with Crippen molar-refractivity contribution < 1.29 is 0 Å². The second-order valence-electron chi connectivity index (χ2n) is 1.75. The van der Waals surface area contributed by atoms with Gasteiger partial charge in [-0.15, -0.1) is 0 Å². The molecule has 0 atom stereocenters. The van der Waals surface area contributed by atoms with Crippen LogP contribution in [0.4, 0.5) is 0 Å².